The van der Waals surface area contributed by atoms with Crippen LogP contribution in [0.4, 0.5) is 0 Å². The third-order valence-corrected chi connectivity index (χ3v) is 3.66. The highest BCUT2D eigenvalue weighted by atomic mass is 16.5. The zero-order valence-corrected chi connectivity index (χ0v) is 10.8. The molecule has 17 heavy (non-hydrogen) atoms. The van der Waals surface area contributed by atoms with Crippen LogP contribution in [0.1, 0.15) is 33.6 Å². The Labute approximate surface area is 103 Å². The van der Waals surface area contributed by atoms with Gasteiger partial charge in [0.1, 0.15) is 5.76 Å². The molecule has 0 amide bonds. The lowest BCUT2D eigenvalue weighted by molar-refractivity contribution is -0.138. The molecule has 92 valence electrons. The van der Waals surface area contributed by atoms with Crippen molar-refractivity contribution in [2.75, 3.05) is 0 Å². The van der Waals surface area contributed by atoms with Gasteiger partial charge in [-0.15, -0.1) is 0 Å². The van der Waals surface area contributed by atoms with Crippen LogP contribution in [0, 0.1) is 17.8 Å². The van der Waals surface area contributed by atoms with E-state index < -0.39 is 0 Å². The van der Waals surface area contributed by atoms with Gasteiger partial charge in [0.25, 0.3) is 0 Å². The second-order valence-corrected chi connectivity index (χ2v) is 5.21. The first-order valence-electron chi connectivity index (χ1n) is 6.36. The van der Waals surface area contributed by atoms with Gasteiger partial charge in [-0.1, -0.05) is 32.1 Å². The SMILES string of the molecule is CC1=C/C=C\[C@H](C)CC[C@@H]2/C(=C\1)OC(=O)C2C. The monoisotopic (exact) mass is 232 g/mol. The molecule has 0 aromatic rings. The molecule has 2 rings (SSSR count). The topological polar surface area (TPSA) is 26.3 Å². The van der Waals surface area contributed by atoms with Crippen LogP contribution in [-0.4, -0.2) is 5.97 Å². The molecule has 2 heteroatoms. The fraction of sp³-hybridized carbons (Fsp3) is 0.533. The number of esters is 1. The Hall–Kier alpha value is -1.31. The van der Waals surface area contributed by atoms with Crippen molar-refractivity contribution in [3.05, 3.63) is 35.6 Å². The first-order valence-corrected chi connectivity index (χ1v) is 6.36. The number of allylic oxidation sites excluding steroid dienone is 6. The summed E-state index contributed by atoms with van der Waals surface area (Å²) in [6.07, 6.45) is 10.5. The van der Waals surface area contributed by atoms with Gasteiger partial charge in [-0.25, -0.2) is 0 Å². The summed E-state index contributed by atoms with van der Waals surface area (Å²) in [7, 11) is 0. The fourth-order valence-corrected chi connectivity index (χ4v) is 2.43. The fourth-order valence-electron chi connectivity index (χ4n) is 2.43. The number of hydrogen-bond acceptors (Lipinski definition) is 2. The van der Waals surface area contributed by atoms with Gasteiger partial charge in [0.2, 0.25) is 0 Å². The molecule has 3 atom stereocenters. The molecule has 0 spiro atoms. The molecule has 1 saturated heterocycles. The van der Waals surface area contributed by atoms with Crippen LogP contribution in [-0.2, 0) is 9.53 Å². The first-order chi connectivity index (χ1) is 8.08. The summed E-state index contributed by atoms with van der Waals surface area (Å²) in [5, 5.41) is 0. The number of rotatable bonds is 0. The van der Waals surface area contributed by atoms with Crippen molar-refractivity contribution in [3.8, 4) is 0 Å². The molecule has 1 unspecified atom stereocenters. The molecule has 1 heterocycles. The van der Waals surface area contributed by atoms with Crippen molar-refractivity contribution in [2.45, 2.75) is 33.6 Å². The molecule has 2 aliphatic rings. The van der Waals surface area contributed by atoms with E-state index in [0.717, 1.165) is 24.2 Å². The Morgan fingerprint density at radius 2 is 2.06 bits per heavy atom. The van der Waals surface area contributed by atoms with Gasteiger partial charge in [0.15, 0.2) is 0 Å². The summed E-state index contributed by atoms with van der Waals surface area (Å²) in [6, 6.07) is 0. The molecule has 0 N–H and O–H groups in total. The highest BCUT2D eigenvalue weighted by Crippen LogP contribution is 2.36. The standard InChI is InChI=1S/C15H20O2/c1-10-5-4-6-11(2)9-14-13(8-7-10)12(3)15(16)17-14/h4-6,9-10,12-13H,7-8H2,1-3H3/b5-4-,11-6-,14-9+/t10-,12?,13-/m0/s1. The van der Waals surface area contributed by atoms with Crippen LogP contribution >= 0.6 is 0 Å². The Morgan fingerprint density at radius 3 is 2.82 bits per heavy atom. The Balaban J connectivity index is 2.31. The third kappa shape index (κ3) is 2.68. The van der Waals surface area contributed by atoms with E-state index in [9.17, 15) is 4.79 Å². The summed E-state index contributed by atoms with van der Waals surface area (Å²) in [5.41, 5.74) is 1.14. The largest absolute Gasteiger partial charge is 0.431 e. The lowest BCUT2D eigenvalue weighted by Gasteiger charge is -2.15. The van der Waals surface area contributed by atoms with Gasteiger partial charge in [-0.2, -0.15) is 0 Å². The zero-order chi connectivity index (χ0) is 12.4. The maximum atomic E-state index is 11.6. The Bertz CT molecular complexity index is 401. The van der Waals surface area contributed by atoms with Crippen LogP contribution in [0.25, 0.3) is 0 Å². The number of ether oxygens (including phenoxy) is 1. The predicted octanol–water partition coefficient (Wildman–Crippen LogP) is 3.61. The molecule has 0 bridgehead atoms. The molecule has 0 radical (unpaired) electrons. The minimum atomic E-state index is -0.0751. The zero-order valence-electron chi connectivity index (χ0n) is 10.8. The van der Waals surface area contributed by atoms with Crippen molar-refractivity contribution >= 4 is 5.97 Å². The van der Waals surface area contributed by atoms with Crippen molar-refractivity contribution in [1.82, 2.24) is 0 Å². The van der Waals surface area contributed by atoms with Crippen molar-refractivity contribution < 1.29 is 9.53 Å². The molecule has 0 saturated carbocycles. The Kier molecular flexibility index (Phi) is 3.51. The maximum Gasteiger partial charge on any atom is 0.314 e. The minimum absolute atomic E-state index is 0.00431. The van der Waals surface area contributed by atoms with E-state index in [-0.39, 0.29) is 17.8 Å². The lowest BCUT2D eigenvalue weighted by atomic mass is 9.86. The quantitative estimate of drug-likeness (QED) is 0.596. The predicted molar refractivity (Wildman–Crippen MR) is 68.1 cm³/mol. The van der Waals surface area contributed by atoms with E-state index >= 15 is 0 Å². The van der Waals surface area contributed by atoms with Crippen LogP contribution in [0.3, 0.4) is 0 Å². The molecular weight excluding hydrogens is 212 g/mol. The molecular formula is C15H20O2. The molecule has 2 nitrogen and oxygen atoms in total. The Morgan fingerprint density at radius 1 is 1.29 bits per heavy atom. The van der Waals surface area contributed by atoms with Crippen LogP contribution in [0.2, 0.25) is 0 Å². The van der Waals surface area contributed by atoms with Gasteiger partial charge in [0.05, 0.1) is 5.92 Å². The normalized spacial score (nSPS) is 41.6. The van der Waals surface area contributed by atoms with Crippen LogP contribution in [0.15, 0.2) is 35.6 Å². The van der Waals surface area contributed by atoms with E-state index in [1.807, 2.05) is 19.9 Å². The third-order valence-electron chi connectivity index (χ3n) is 3.66. The summed E-state index contributed by atoms with van der Waals surface area (Å²) in [4.78, 5) is 11.6. The average molecular weight is 232 g/mol. The van der Waals surface area contributed by atoms with Gasteiger partial charge in [-0.05, 0) is 37.3 Å². The number of carbonyl (C=O) groups excluding carboxylic acids is 1. The average Bonchev–Trinajstić information content (AvgIpc) is 2.52. The highest BCUT2D eigenvalue weighted by Gasteiger charge is 2.37. The van der Waals surface area contributed by atoms with Crippen LogP contribution in [0.5, 0.6) is 0 Å². The summed E-state index contributed by atoms with van der Waals surface area (Å²) in [6.45, 7) is 6.23. The number of hydrogen-bond donors (Lipinski definition) is 0. The highest BCUT2D eigenvalue weighted by molar-refractivity contribution is 5.77. The minimum Gasteiger partial charge on any atom is -0.431 e. The molecule has 1 aliphatic carbocycles. The van der Waals surface area contributed by atoms with Crippen molar-refractivity contribution in [1.29, 1.82) is 0 Å². The van der Waals surface area contributed by atoms with Gasteiger partial charge < -0.3 is 4.74 Å². The lowest BCUT2D eigenvalue weighted by Crippen LogP contribution is -2.12. The van der Waals surface area contributed by atoms with Crippen molar-refractivity contribution in [3.63, 3.8) is 0 Å². The van der Waals surface area contributed by atoms with E-state index in [0.29, 0.717) is 5.92 Å². The summed E-state index contributed by atoms with van der Waals surface area (Å²) < 4.78 is 5.37. The van der Waals surface area contributed by atoms with E-state index in [4.69, 9.17) is 4.74 Å². The number of fused-ring (bicyclic) bond motifs is 1. The maximum absolute atomic E-state index is 11.6. The summed E-state index contributed by atoms with van der Waals surface area (Å²) >= 11 is 0. The van der Waals surface area contributed by atoms with E-state index in [2.05, 4.69) is 25.2 Å². The van der Waals surface area contributed by atoms with Crippen LogP contribution < -0.4 is 0 Å². The number of carbonyl (C=O) groups is 1. The molecule has 0 aromatic heterocycles. The molecule has 1 aliphatic heterocycles. The molecule has 1 fully saturated rings. The second kappa shape index (κ2) is 4.91. The van der Waals surface area contributed by atoms with E-state index in [1.165, 1.54) is 0 Å². The van der Waals surface area contributed by atoms with Gasteiger partial charge in [-0.3, -0.25) is 4.79 Å². The van der Waals surface area contributed by atoms with Gasteiger partial charge >= 0.3 is 5.97 Å². The van der Waals surface area contributed by atoms with Crippen molar-refractivity contribution in [2.24, 2.45) is 17.8 Å². The summed E-state index contributed by atoms with van der Waals surface area (Å²) in [5.74, 6) is 1.61. The second-order valence-electron chi connectivity index (χ2n) is 5.21. The first kappa shape index (κ1) is 12.2. The smallest absolute Gasteiger partial charge is 0.314 e. The van der Waals surface area contributed by atoms with E-state index in [1.54, 1.807) is 0 Å². The van der Waals surface area contributed by atoms with Gasteiger partial charge in [0, 0.05) is 5.92 Å². The molecule has 0 aromatic carbocycles.